The summed E-state index contributed by atoms with van der Waals surface area (Å²) in [6.07, 6.45) is 2.79. The highest BCUT2D eigenvalue weighted by atomic mass is 16.3. The summed E-state index contributed by atoms with van der Waals surface area (Å²) in [5.74, 6) is 0.0603. The molecule has 0 fully saturated rings. The second-order valence-electron chi connectivity index (χ2n) is 5.95. The Morgan fingerprint density at radius 2 is 2.10 bits per heavy atom. The molecule has 0 saturated carbocycles. The largest absolute Gasteiger partial charge is 0.388 e. The molecule has 1 heterocycles. The van der Waals surface area contributed by atoms with Crippen molar-refractivity contribution < 1.29 is 9.90 Å². The zero-order valence-corrected chi connectivity index (χ0v) is 13.0. The fourth-order valence-electron chi connectivity index (χ4n) is 2.38. The number of carbonyl (C=O) groups excluding carboxylic acids is 1. The Bertz CT molecular complexity index is 616. The summed E-state index contributed by atoms with van der Waals surface area (Å²) in [4.78, 5) is 12.1. The van der Waals surface area contributed by atoms with Gasteiger partial charge in [0.05, 0.1) is 5.60 Å². The molecule has 0 aliphatic carbocycles. The lowest BCUT2D eigenvalue weighted by Crippen LogP contribution is -2.45. The van der Waals surface area contributed by atoms with Gasteiger partial charge in [0.1, 0.15) is 6.54 Å². The van der Waals surface area contributed by atoms with Gasteiger partial charge in [-0.3, -0.25) is 4.79 Å². The first-order chi connectivity index (χ1) is 9.94. The minimum absolute atomic E-state index is 0.0834. The molecular formula is C17H24N2O2. The standard InChI is InChI=1S/C17H24N2O2/c1-4-13(2)17(3,21)12-18-16(20)11-19-10-9-14-7-5-6-8-15(14)19/h5-10,13,21H,4,11-12H2,1-3H3,(H,18,20). The summed E-state index contributed by atoms with van der Waals surface area (Å²) in [5, 5.41) is 14.3. The van der Waals surface area contributed by atoms with Crippen LogP contribution in [-0.4, -0.2) is 27.7 Å². The summed E-state index contributed by atoms with van der Waals surface area (Å²) >= 11 is 0. The molecule has 1 amide bonds. The summed E-state index contributed by atoms with van der Waals surface area (Å²) in [6.45, 7) is 6.34. The zero-order valence-electron chi connectivity index (χ0n) is 13.0. The van der Waals surface area contributed by atoms with E-state index in [1.165, 1.54) is 0 Å². The Balaban J connectivity index is 1.96. The number of para-hydroxylation sites is 1. The molecule has 0 radical (unpaired) electrons. The molecule has 0 bridgehead atoms. The smallest absolute Gasteiger partial charge is 0.240 e. The monoisotopic (exact) mass is 288 g/mol. The third-order valence-electron chi connectivity index (χ3n) is 4.31. The van der Waals surface area contributed by atoms with Crippen molar-refractivity contribution in [3.8, 4) is 0 Å². The van der Waals surface area contributed by atoms with E-state index in [0.29, 0.717) is 0 Å². The molecule has 1 aromatic heterocycles. The molecular weight excluding hydrogens is 264 g/mol. The van der Waals surface area contributed by atoms with Crippen LogP contribution in [-0.2, 0) is 11.3 Å². The van der Waals surface area contributed by atoms with Crippen molar-refractivity contribution >= 4 is 16.8 Å². The van der Waals surface area contributed by atoms with Gasteiger partial charge in [0, 0.05) is 18.3 Å². The Morgan fingerprint density at radius 1 is 1.38 bits per heavy atom. The minimum Gasteiger partial charge on any atom is -0.388 e. The number of benzene rings is 1. The van der Waals surface area contributed by atoms with Crippen LogP contribution in [0.3, 0.4) is 0 Å². The molecule has 114 valence electrons. The van der Waals surface area contributed by atoms with Gasteiger partial charge in [-0.2, -0.15) is 0 Å². The molecule has 21 heavy (non-hydrogen) atoms. The molecule has 2 rings (SSSR count). The normalized spacial score (nSPS) is 15.6. The Labute approximate surface area is 125 Å². The van der Waals surface area contributed by atoms with E-state index < -0.39 is 5.60 Å². The quantitative estimate of drug-likeness (QED) is 0.858. The Hall–Kier alpha value is -1.81. The van der Waals surface area contributed by atoms with Gasteiger partial charge in [-0.05, 0) is 30.4 Å². The number of carbonyl (C=O) groups is 1. The molecule has 4 nitrogen and oxygen atoms in total. The van der Waals surface area contributed by atoms with Crippen LogP contribution in [0.5, 0.6) is 0 Å². The van der Waals surface area contributed by atoms with Crippen molar-refractivity contribution in [2.45, 2.75) is 39.3 Å². The van der Waals surface area contributed by atoms with Crippen LogP contribution in [0.25, 0.3) is 10.9 Å². The van der Waals surface area contributed by atoms with Crippen LogP contribution < -0.4 is 5.32 Å². The molecule has 4 heteroatoms. The molecule has 1 aromatic carbocycles. The molecule has 0 saturated heterocycles. The van der Waals surface area contributed by atoms with Gasteiger partial charge >= 0.3 is 0 Å². The molecule has 0 aliphatic rings. The van der Waals surface area contributed by atoms with Crippen molar-refractivity contribution in [1.29, 1.82) is 0 Å². The van der Waals surface area contributed by atoms with Gasteiger partial charge in [-0.15, -0.1) is 0 Å². The predicted octanol–water partition coefficient (Wildman–Crippen LogP) is 2.55. The lowest BCUT2D eigenvalue weighted by Gasteiger charge is -2.29. The van der Waals surface area contributed by atoms with Gasteiger partial charge in [0.2, 0.25) is 5.91 Å². The summed E-state index contributed by atoms with van der Waals surface area (Å²) in [5.41, 5.74) is 0.171. The number of rotatable bonds is 6. The first-order valence-electron chi connectivity index (χ1n) is 7.47. The maximum atomic E-state index is 12.1. The van der Waals surface area contributed by atoms with Crippen LogP contribution in [0.4, 0.5) is 0 Å². The van der Waals surface area contributed by atoms with Gasteiger partial charge in [-0.25, -0.2) is 0 Å². The SMILES string of the molecule is CCC(C)C(C)(O)CNC(=O)Cn1ccc2ccccc21. The van der Waals surface area contributed by atoms with Crippen molar-refractivity contribution in [3.63, 3.8) is 0 Å². The highest BCUT2D eigenvalue weighted by Gasteiger charge is 2.27. The number of nitrogens with one attached hydrogen (secondary N) is 1. The lowest BCUT2D eigenvalue weighted by molar-refractivity contribution is -0.123. The Kier molecular flexibility index (Phi) is 4.68. The van der Waals surface area contributed by atoms with Crippen LogP contribution in [0.2, 0.25) is 0 Å². The number of aliphatic hydroxyl groups is 1. The summed E-state index contributed by atoms with van der Waals surface area (Å²) < 4.78 is 1.92. The van der Waals surface area contributed by atoms with Crippen molar-refractivity contribution in [2.75, 3.05) is 6.54 Å². The summed E-state index contributed by atoms with van der Waals surface area (Å²) in [7, 11) is 0. The number of amides is 1. The first-order valence-corrected chi connectivity index (χ1v) is 7.47. The second-order valence-corrected chi connectivity index (χ2v) is 5.95. The van der Waals surface area contributed by atoms with E-state index in [-0.39, 0.29) is 24.9 Å². The highest BCUT2D eigenvalue weighted by molar-refractivity contribution is 5.83. The number of aromatic nitrogens is 1. The van der Waals surface area contributed by atoms with E-state index in [2.05, 4.69) is 5.32 Å². The van der Waals surface area contributed by atoms with E-state index >= 15 is 0 Å². The number of hydrogen-bond donors (Lipinski definition) is 2. The van der Waals surface area contributed by atoms with Crippen LogP contribution in [0.15, 0.2) is 36.5 Å². The van der Waals surface area contributed by atoms with Gasteiger partial charge in [0.15, 0.2) is 0 Å². The Morgan fingerprint density at radius 3 is 2.81 bits per heavy atom. The average Bonchev–Trinajstić information content (AvgIpc) is 2.88. The molecule has 0 spiro atoms. The van der Waals surface area contributed by atoms with Crippen LogP contribution in [0.1, 0.15) is 27.2 Å². The van der Waals surface area contributed by atoms with Crippen molar-refractivity contribution in [3.05, 3.63) is 36.5 Å². The van der Waals surface area contributed by atoms with Crippen molar-refractivity contribution in [1.82, 2.24) is 9.88 Å². The summed E-state index contributed by atoms with van der Waals surface area (Å²) in [6, 6.07) is 9.97. The predicted molar refractivity (Wildman–Crippen MR) is 85.0 cm³/mol. The maximum absolute atomic E-state index is 12.1. The number of nitrogens with zero attached hydrogens (tertiary/aromatic N) is 1. The average molecular weight is 288 g/mol. The third kappa shape index (κ3) is 3.64. The molecule has 0 aliphatic heterocycles. The van der Waals surface area contributed by atoms with Crippen molar-refractivity contribution in [2.24, 2.45) is 5.92 Å². The zero-order chi connectivity index (χ0) is 15.5. The van der Waals surface area contributed by atoms with Gasteiger partial charge < -0.3 is 15.0 Å². The molecule has 2 atom stereocenters. The second kappa shape index (κ2) is 6.31. The third-order valence-corrected chi connectivity index (χ3v) is 4.31. The molecule has 2 N–H and O–H groups in total. The van der Waals surface area contributed by atoms with Crippen LogP contribution in [0, 0.1) is 5.92 Å². The van der Waals surface area contributed by atoms with Gasteiger partial charge in [0.25, 0.3) is 0 Å². The minimum atomic E-state index is -0.872. The van der Waals surface area contributed by atoms with E-state index in [0.717, 1.165) is 17.3 Å². The van der Waals surface area contributed by atoms with E-state index in [9.17, 15) is 9.90 Å². The van der Waals surface area contributed by atoms with E-state index in [1.807, 2.05) is 54.9 Å². The number of hydrogen-bond acceptors (Lipinski definition) is 2. The van der Waals surface area contributed by atoms with E-state index in [1.54, 1.807) is 6.92 Å². The fraction of sp³-hybridized carbons (Fsp3) is 0.471. The molecule has 2 unspecified atom stereocenters. The lowest BCUT2D eigenvalue weighted by atomic mass is 9.89. The van der Waals surface area contributed by atoms with Crippen LogP contribution >= 0.6 is 0 Å². The van der Waals surface area contributed by atoms with E-state index in [4.69, 9.17) is 0 Å². The van der Waals surface area contributed by atoms with Gasteiger partial charge in [-0.1, -0.05) is 38.5 Å². The maximum Gasteiger partial charge on any atom is 0.240 e. The first kappa shape index (κ1) is 15.6. The highest BCUT2D eigenvalue weighted by Crippen LogP contribution is 2.19. The number of fused-ring (bicyclic) bond motifs is 1. The topological polar surface area (TPSA) is 54.3 Å². The molecule has 2 aromatic rings. The fourth-order valence-corrected chi connectivity index (χ4v) is 2.38.